The summed E-state index contributed by atoms with van der Waals surface area (Å²) in [7, 11) is 1.58. The Morgan fingerprint density at radius 2 is 2.59 bits per heavy atom. The van der Waals surface area contributed by atoms with Crippen molar-refractivity contribution >= 4 is 5.91 Å². The fourth-order valence-electron chi connectivity index (χ4n) is 1.65. The number of carbonyl (C=O) groups is 1. The molecule has 17 heavy (non-hydrogen) atoms. The summed E-state index contributed by atoms with van der Waals surface area (Å²) in [6.45, 7) is 0.412. The van der Waals surface area contributed by atoms with E-state index in [1.54, 1.807) is 7.05 Å². The average molecular weight is 236 g/mol. The Balaban J connectivity index is 1.75. The van der Waals surface area contributed by atoms with Crippen molar-refractivity contribution in [2.45, 2.75) is 12.5 Å². The van der Waals surface area contributed by atoms with Crippen LogP contribution in [0.3, 0.4) is 0 Å². The number of allylic oxidation sites excluding steroid dienone is 3. The number of ether oxygens (including phenoxy) is 1. The minimum absolute atomic E-state index is 0.0244. The smallest absolute Gasteiger partial charge is 0.245 e. The van der Waals surface area contributed by atoms with Crippen LogP contribution >= 0.6 is 0 Å². The van der Waals surface area contributed by atoms with E-state index in [1.807, 2.05) is 12.2 Å². The quantitative estimate of drug-likeness (QED) is 0.726. The number of rotatable bonds is 5. The summed E-state index contributed by atoms with van der Waals surface area (Å²) in [4.78, 5) is 16.3. The second kappa shape index (κ2) is 5.65. The first kappa shape index (κ1) is 11.9. The van der Waals surface area contributed by atoms with Gasteiger partial charge in [0.25, 0.3) is 0 Å². The van der Waals surface area contributed by atoms with Crippen LogP contribution < -0.4 is 10.8 Å². The Bertz CT molecular complexity index is 385. The van der Waals surface area contributed by atoms with Crippen LogP contribution in [-0.2, 0) is 14.4 Å². The first-order valence-electron chi connectivity index (χ1n) is 5.56. The van der Waals surface area contributed by atoms with Crippen LogP contribution in [0.4, 0.5) is 0 Å². The zero-order chi connectivity index (χ0) is 12.1. The van der Waals surface area contributed by atoms with Gasteiger partial charge in [-0.05, 0) is 18.1 Å². The highest BCUT2D eigenvalue weighted by Gasteiger charge is 2.20. The van der Waals surface area contributed by atoms with E-state index in [2.05, 4.69) is 22.9 Å². The average Bonchev–Trinajstić information content (AvgIpc) is 2.98. The zero-order valence-electron chi connectivity index (χ0n) is 9.73. The van der Waals surface area contributed by atoms with Crippen molar-refractivity contribution in [2.24, 2.45) is 0 Å². The lowest BCUT2D eigenvalue weighted by molar-refractivity contribution is -0.124. The van der Waals surface area contributed by atoms with E-state index in [4.69, 9.17) is 9.57 Å². The number of likely N-dealkylation sites (N-methyl/N-ethyl adjacent to an activating group) is 1. The highest BCUT2D eigenvalue weighted by Crippen LogP contribution is 2.21. The van der Waals surface area contributed by atoms with Gasteiger partial charge in [-0.1, -0.05) is 18.2 Å². The van der Waals surface area contributed by atoms with Crippen LogP contribution in [0, 0.1) is 0 Å². The third kappa shape index (κ3) is 3.18. The largest absolute Gasteiger partial charge is 0.365 e. The van der Waals surface area contributed by atoms with Gasteiger partial charge < -0.3 is 10.1 Å². The molecule has 0 aromatic carbocycles. The standard InChI is InChI=1S/C12H16N2O3/c1-13-12(15)8-16-7-10-6-11(17-14-10)9-4-2-3-5-9/h2-4,6,11,14H,5,7-8H2,1H3,(H,13,15). The van der Waals surface area contributed by atoms with Crippen molar-refractivity contribution in [1.29, 1.82) is 0 Å². The number of hydrogen-bond donors (Lipinski definition) is 2. The third-order valence-corrected chi connectivity index (χ3v) is 2.60. The van der Waals surface area contributed by atoms with Gasteiger partial charge in [0.1, 0.15) is 12.7 Å². The predicted octanol–water partition coefficient (Wildman–Crippen LogP) is 0.423. The monoisotopic (exact) mass is 236 g/mol. The predicted molar refractivity (Wildman–Crippen MR) is 62.8 cm³/mol. The van der Waals surface area contributed by atoms with Crippen molar-refractivity contribution < 1.29 is 14.4 Å². The van der Waals surface area contributed by atoms with Gasteiger partial charge in [-0.25, -0.2) is 0 Å². The molecule has 0 saturated carbocycles. The molecular weight excluding hydrogens is 220 g/mol. The van der Waals surface area contributed by atoms with Crippen LogP contribution in [-0.4, -0.2) is 32.3 Å². The number of hydroxylamine groups is 1. The van der Waals surface area contributed by atoms with Crippen molar-refractivity contribution in [3.8, 4) is 0 Å². The molecule has 0 aromatic heterocycles. The van der Waals surface area contributed by atoms with Gasteiger partial charge in [0.15, 0.2) is 0 Å². The van der Waals surface area contributed by atoms with Crippen LogP contribution in [0.2, 0.25) is 0 Å². The van der Waals surface area contributed by atoms with Crippen molar-refractivity contribution in [1.82, 2.24) is 10.8 Å². The number of carbonyl (C=O) groups excluding carboxylic acids is 1. The Labute approximate surface area is 100 Å². The van der Waals surface area contributed by atoms with E-state index >= 15 is 0 Å². The van der Waals surface area contributed by atoms with Crippen molar-refractivity contribution in [3.63, 3.8) is 0 Å². The second-order valence-corrected chi connectivity index (χ2v) is 3.87. The Hall–Kier alpha value is -1.59. The maximum absolute atomic E-state index is 10.9. The molecule has 2 N–H and O–H groups in total. The SMILES string of the molecule is CNC(=O)COCC1=CC(C2=CC=CC2)ON1. The molecule has 1 aliphatic carbocycles. The summed E-state index contributed by atoms with van der Waals surface area (Å²) in [5, 5.41) is 2.49. The van der Waals surface area contributed by atoms with Gasteiger partial charge in [-0.15, -0.1) is 0 Å². The summed E-state index contributed by atoms with van der Waals surface area (Å²) in [6.07, 6.45) is 9.04. The molecule has 1 amide bonds. The Morgan fingerprint density at radius 3 is 3.29 bits per heavy atom. The molecule has 5 heteroatoms. The van der Waals surface area contributed by atoms with E-state index in [1.165, 1.54) is 5.57 Å². The second-order valence-electron chi connectivity index (χ2n) is 3.87. The van der Waals surface area contributed by atoms with Crippen LogP contribution in [0.25, 0.3) is 0 Å². The first-order valence-corrected chi connectivity index (χ1v) is 5.56. The van der Waals surface area contributed by atoms with Crippen molar-refractivity contribution in [3.05, 3.63) is 35.6 Å². The lowest BCUT2D eigenvalue weighted by Gasteiger charge is -2.07. The minimum atomic E-state index is -0.135. The van der Waals surface area contributed by atoms with Gasteiger partial charge >= 0.3 is 0 Å². The fourth-order valence-corrected chi connectivity index (χ4v) is 1.65. The van der Waals surface area contributed by atoms with E-state index in [9.17, 15) is 4.79 Å². The van der Waals surface area contributed by atoms with Crippen LogP contribution in [0.15, 0.2) is 35.6 Å². The molecule has 1 atom stereocenters. The van der Waals surface area contributed by atoms with E-state index in [-0.39, 0.29) is 18.6 Å². The van der Waals surface area contributed by atoms with Crippen LogP contribution in [0.1, 0.15) is 6.42 Å². The van der Waals surface area contributed by atoms with Crippen LogP contribution in [0.5, 0.6) is 0 Å². The fraction of sp³-hybridized carbons (Fsp3) is 0.417. The molecule has 0 saturated heterocycles. The van der Waals surface area contributed by atoms with E-state index < -0.39 is 0 Å². The summed E-state index contributed by atoms with van der Waals surface area (Å²) in [5.74, 6) is -0.135. The molecule has 0 fully saturated rings. The van der Waals surface area contributed by atoms with E-state index in [0.717, 1.165) is 12.1 Å². The molecule has 1 unspecified atom stereocenters. The summed E-state index contributed by atoms with van der Waals surface area (Å²) < 4.78 is 5.22. The molecule has 0 aromatic rings. The number of hydrogen-bond acceptors (Lipinski definition) is 4. The first-order chi connectivity index (χ1) is 8.29. The van der Waals surface area contributed by atoms with Gasteiger partial charge in [-0.3, -0.25) is 15.1 Å². The normalized spacial score (nSPS) is 22.1. The molecule has 2 rings (SSSR count). The minimum Gasteiger partial charge on any atom is -0.365 e. The third-order valence-electron chi connectivity index (χ3n) is 2.60. The lowest BCUT2D eigenvalue weighted by atomic mass is 10.1. The summed E-state index contributed by atoms with van der Waals surface area (Å²) >= 11 is 0. The highest BCUT2D eigenvalue weighted by molar-refractivity contribution is 5.76. The summed E-state index contributed by atoms with van der Waals surface area (Å²) in [6, 6.07) is 0. The number of amides is 1. The molecule has 5 nitrogen and oxygen atoms in total. The van der Waals surface area contributed by atoms with Crippen molar-refractivity contribution in [2.75, 3.05) is 20.3 Å². The molecule has 0 radical (unpaired) electrons. The highest BCUT2D eigenvalue weighted by atomic mass is 16.7. The van der Waals surface area contributed by atoms with Gasteiger partial charge in [0, 0.05) is 7.05 Å². The summed E-state index contributed by atoms with van der Waals surface area (Å²) in [5.41, 5.74) is 4.89. The maximum Gasteiger partial charge on any atom is 0.245 e. The molecule has 0 spiro atoms. The van der Waals surface area contributed by atoms with Gasteiger partial charge in [-0.2, -0.15) is 0 Å². The van der Waals surface area contributed by atoms with Gasteiger partial charge in [0.2, 0.25) is 5.91 Å². The number of nitrogens with one attached hydrogen (secondary N) is 2. The molecule has 1 aliphatic heterocycles. The molecule has 2 aliphatic rings. The topological polar surface area (TPSA) is 59.6 Å². The molecular formula is C12H16N2O3. The lowest BCUT2D eigenvalue weighted by Crippen LogP contribution is -2.24. The van der Waals surface area contributed by atoms with E-state index in [0.29, 0.717) is 6.61 Å². The Kier molecular flexibility index (Phi) is 3.95. The molecule has 92 valence electrons. The molecule has 1 heterocycles. The van der Waals surface area contributed by atoms with Gasteiger partial charge in [0.05, 0.1) is 12.3 Å². The Morgan fingerprint density at radius 1 is 1.71 bits per heavy atom. The maximum atomic E-state index is 10.9. The molecule has 0 bridgehead atoms. The zero-order valence-corrected chi connectivity index (χ0v) is 9.73.